The summed E-state index contributed by atoms with van der Waals surface area (Å²) in [6.07, 6.45) is 1.38. The number of esters is 1. The molecular weight excluding hydrogens is 196 g/mol. The maximum Gasteiger partial charge on any atom is 0.328 e. The van der Waals surface area contributed by atoms with Crippen molar-refractivity contribution in [3.8, 4) is 6.07 Å². The number of amides is 1. The summed E-state index contributed by atoms with van der Waals surface area (Å²) in [7, 11) is 0. The molecule has 0 saturated heterocycles. The lowest BCUT2D eigenvalue weighted by Crippen LogP contribution is -2.40. The van der Waals surface area contributed by atoms with Crippen LogP contribution in [0.25, 0.3) is 0 Å². The van der Waals surface area contributed by atoms with Crippen molar-refractivity contribution in [2.24, 2.45) is 0 Å². The number of carbonyl (C=O) groups is 2. The maximum atomic E-state index is 11.4. The lowest BCUT2D eigenvalue weighted by molar-refractivity contribution is -0.147. The lowest BCUT2D eigenvalue weighted by atomic mass is 10.1. The van der Waals surface area contributed by atoms with Crippen LogP contribution in [0.3, 0.4) is 0 Å². The Labute approximate surface area is 89.4 Å². The number of hydrogen-bond donors (Lipinski definition) is 1. The SMILES string of the molecule is CCOC(=O)[C@H](CCCC#N)NC(C)=O. The molecule has 0 aliphatic rings. The summed E-state index contributed by atoms with van der Waals surface area (Å²) in [5, 5.41) is 10.8. The van der Waals surface area contributed by atoms with Crippen molar-refractivity contribution in [3.63, 3.8) is 0 Å². The van der Waals surface area contributed by atoms with Crippen molar-refractivity contribution in [2.75, 3.05) is 6.61 Å². The van der Waals surface area contributed by atoms with Gasteiger partial charge < -0.3 is 10.1 Å². The molecule has 0 aliphatic carbocycles. The van der Waals surface area contributed by atoms with Gasteiger partial charge in [-0.25, -0.2) is 4.79 Å². The highest BCUT2D eigenvalue weighted by molar-refractivity contribution is 5.83. The zero-order chi connectivity index (χ0) is 11.7. The molecule has 0 spiro atoms. The lowest BCUT2D eigenvalue weighted by Gasteiger charge is -2.15. The molecule has 0 bridgehead atoms. The summed E-state index contributed by atoms with van der Waals surface area (Å²) in [6, 6.07) is 1.35. The van der Waals surface area contributed by atoms with E-state index in [1.54, 1.807) is 6.92 Å². The van der Waals surface area contributed by atoms with E-state index in [0.717, 1.165) is 0 Å². The Morgan fingerprint density at radius 3 is 2.67 bits per heavy atom. The number of nitrogens with one attached hydrogen (secondary N) is 1. The van der Waals surface area contributed by atoms with Crippen molar-refractivity contribution >= 4 is 11.9 Å². The quantitative estimate of drug-likeness (QED) is 0.520. The topological polar surface area (TPSA) is 79.2 Å². The molecule has 0 fully saturated rings. The van der Waals surface area contributed by atoms with Crippen LogP contribution >= 0.6 is 0 Å². The first-order valence-electron chi connectivity index (χ1n) is 4.92. The van der Waals surface area contributed by atoms with Gasteiger partial charge in [-0.1, -0.05) is 0 Å². The van der Waals surface area contributed by atoms with Crippen LogP contribution in [0.4, 0.5) is 0 Å². The van der Waals surface area contributed by atoms with Crippen LogP contribution in [0.2, 0.25) is 0 Å². The minimum atomic E-state index is -0.629. The van der Waals surface area contributed by atoms with Gasteiger partial charge in [-0.3, -0.25) is 4.79 Å². The molecular formula is C10H16N2O3. The van der Waals surface area contributed by atoms with Crippen molar-refractivity contribution in [1.29, 1.82) is 5.26 Å². The number of rotatable bonds is 6. The number of unbranched alkanes of at least 4 members (excludes halogenated alkanes) is 1. The van der Waals surface area contributed by atoms with Gasteiger partial charge in [0, 0.05) is 13.3 Å². The molecule has 0 rings (SSSR count). The summed E-state index contributed by atoms with van der Waals surface area (Å²) in [5.41, 5.74) is 0. The molecule has 0 aliphatic heterocycles. The fraction of sp³-hybridized carbons (Fsp3) is 0.700. The van der Waals surface area contributed by atoms with Gasteiger partial charge in [-0.15, -0.1) is 0 Å². The minimum absolute atomic E-state index is 0.273. The van der Waals surface area contributed by atoms with Gasteiger partial charge in [0.05, 0.1) is 12.7 Å². The van der Waals surface area contributed by atoms with Crippen molar-refractivity contribution in [2.45, 2.75) is 39.2 Å². The predicted octanol–water partition coefficient (Wildman–Crippen LogP) is 0.748. The predicted molar refractivity (Wildman–Crippen MR) is 53.7 cm³/mol. The average molecular weight is 212 g/mol. The van der Waals surface area contributed by atoms with Crippen LogP contribution in [0.1, 0.15) is 33.1 Å². The van der Waals surface area contributed by atoms with E-state index in [0.29, 0.717) is 19.3 Å². The number of nitrogens with zero attached hydrogens (tertiary/aromatic N) is 1. The van der Waals surface area contributed by atoms with Crippen LogP contribution in [-0.2, 0) is 14.3 Å². The van der Waals surface area contributed by atoms with Gasteiger partial charge in [-0.05, 0) is 19.8 Å². The van der Waals surface area contributed by atoms with E-state index in [2.05, 4.69) is 5.32 Å². The summed E-state index contributed by atoms with van der Waals surface area (Å²) in [4.78, 5) is 22.2. The van der Waals surface area contributed by atoms with E-state index in [1.165, 1.54) is 6.92 Å². The number of ether oxygens (including phenoxy) is 1. The van der Waals surface area contributed by atoms with Gasteiger partial charge in [0.2, 0.25) is 5.91 Å². The van der Waals surface area contributed by atoms with Gasteiger partial charge in [-0.2, -0.15) is 5.26 Å². The third-order valence-electron chi connectivity index (χ3n) is 1.73. The molecule has 0 aromatic carbocycles. The summed E-state index contributed by atoms with van der Waals surface area (Å²) in [6.45, 7) is 3.34. The van der Waals surface area contributed by atoms with Gasteiger partial charge in [0.15, 0.2) is 0 Å². The highest BCUT2D eigenvalue weighted by atomic mass is 16.5. The fourth-order valence-electron chi connectivity index (χ4n) is 1.12. The molecule has 5 heteroatoms. The van der Waals surface area contributed by atoms with Crippen molar-refractivity contribution in [1.82, 2.24) is 5.32 Å². The minimum Gasteiger partial charge on any atom is -0.464 e. The second-order valence-electron chi connectivity index (χ2n) is 3.06. The normalized spacial score (nSPS) is 11.3. The molecule has 0 aromatic rings. The summed E-state index contributed by atoms with van der Waals surface area (Å²) < 4.78 is 4.80. The number of hydrogen-bond acceptors (Lipinski definition) is 4. The van der Waals surface area contributed by atoms with Crippen molar-refractivity contribution in [3.05, 3.63) is 0 Å². The fourth-order valence-corrected chi connectivity index (χ4v) is 1.12. The molecule has 0 unspecified atom stereocenters. The molecule has 0 radical (unpaired) electrons. The van der Waals surface area contributed by atoms with E-state index in [1.807, 2.05) is 6.07 Å². The second-order valence-corrected chi connectivity index (χ2v) is 3.06. The van der Waals surface area contributed by atoms with E-state index in [9.17, 15) is 9.59 Å². The molecule has 84 valence electrons. The highest BCUT2D eigenvalue weighted by Crippen LogP contribution is 2.02. The first-order valence-corrected chi connectivity index (χ1v) is 4.92. The smallest absolute Gasteiger partial charge is 0.328 e. The molecule has 1 amide bonds. The van der Waals surface area contributed by atoms with E-state index in [-0.39, 0.29) is 12.5 Å². The maximum absolute atomic E-state index is 11.4. The molecule has 0 saturated carbocycles. The Kier molecular flexibility index (Phi) is 6.98. The van der Waals surface area contributed by atoms with Crippen LogP contribution in [0.5, 0.6) is 0 Å². The van der Waals surface area contributed by atoms with E-state index in [4.69, 9.17) is 10.00 Å². The summed E-state index contributed by atoms with van der Waals surface area (Å²) in [5.74, 6) is -0.712. The highest BCUT2D eigenvalue weighted by Gasteiger charge is 2.19. The molecule has 0 aromatic heterocycles. The van der Waals surface area contributed by atoms with Crippen LogP contribution in [0.15, 0.2) is 0 Å². The third kappa shape index (κ3) is 6.49. The third-order valence-corrected chi connectivity index (χ3v) is 1.73. The van der Waals surface area contributed by atoms with Crippen LogP contribution in [0, 0.1) is 11.3 Å². The molecule has 5 nitrogen and oxygen atoms in total. The van der Waals surface area contributed by atoms with Gasteiger partial charge in [0.1, 0.15) is 6.04 Å². The largest absolute Gasteiger partial charge is 0.464 e. The summed E-state index contributed by atoms with van der Waals surface area (Å²) >= 11 is 0. The zero-order valence-corrected chi connectivity index (χ0v) is 9.08. The monoisotopic (exact) mass is 212 g/mol. The van der Waals surface area contributed by atoms with Gasteiger partial charge in [0.25, 0.3) is 0 Å². The first kappa shape index (κ1) is 13.4. The number of carbonyl (C=O) groups excluding carboxylic acids is 2. The molecule has 1 N–H and O–H groups in total. The van der Waals surface area contributed by atoms with E-state index >= 15 is 0 Å². The van der Waals surface area contributed by atoms with Crippen LogP contribution in [-0.4, -0.2) is 24.5 Å². The zero-order valence-electron chi connectivity index (χ0n) is 9.08. The van der Waals surface area contributed by atoms with Crippen LogP contribution < -0.4 is 5.32 Å². The standard InChI is InChI=1S/C10H16N2O3/c1-3-15-10(14)9(12-8(2)13)6-4-5-7-11/h9H,3-6H2,1-2H3,(H,12,13)/t9-/m0/s1. The Morgan fingerprint density at radius 2 is 2.20 bits per heavy atom. The average Bonchev–Trinajstić information content (AvgIpc) is 2.16. The Morgan fingerprint density at radius 1 is 1.53 bits per heavy atom. The Hall–Kier alpha value is -1.57. The number of nitriles is 1. The Bertz CT molecular complexity index is 258. The van der Waals surface area contributed by atoms with Crippen molar-refractivity contribution < 1.29 is 14.3 Å². The van der Waals surface area contributed by atoms with E-state index < -0.39 is 12.0 Å². The molecule has 0 heterocycles. The van der Waals surface area contributed by atoms with Gasteiger partial charge >= 0.3 is 5.97 Å². The first-order chi connectivity index (χ1) is 7.11. The second kappa shape index (κ2) is 7.80. The molecule has 1 atom stereocenters. The molecule has 15 heavy (non-hydrogen) atoms. The Balaban J connectivity index is 4.12.